The lowest BCUT2D eigenvalue weighted by molar-refractivity contribution is -0.130. The molecule has 2 aliphatic heterocycles. The topological polar surface area (TPSA) is 41.6 Å². The van der Waals surface area contributed by atoms with Gasteiger partial charge in [0.05, 0.1) is 6.61 Å². The molecule has 2 unspecified atom stereocenters. The molecule has 0 spiro atoms. The van der Waals surface area contributed by atoms with Gasteiger partial charge in [-0.3, -0.25) is 4.79 Å². The summed E-state index contributed by atoms with van der Waals surface area (Å²) in [4.78, 5) is 13.9. The van der Waals surface area contributed by atoms with Gasteiger partial charge in [-0.05, 0) is 6.42 Å². The molecular formula is C12H22N2O2S. The Hall–Kier alpha value is -0.260. The molecule has 0 radical (unpaired) electrons. The first-order chi connectivity index (χ1) is 8.25. The second-order valence-electron chi connectivity index (χ2n) is 4.93. The summed E-state index contributed by atoms with van der Waals surface area (Å²) in [6, 6.07) is 0.364. The van der Waals surface area contributed by atoms with Crippen molar-refractivity contribution in [1.82, 2.24) is 10.2 Å². The van der Waals surface area contributed by atoms with Gasteiger partial charge in [-0.25, -0.2) is 0 Å². The van der Waals surface area contributed by atoms with Gasteiger partial charge in [0.25, 0.3) is 0 Å². The number of hydrogen-bond acceptors (Lipinski definition) is 4. The Morgan fingerprint density at radius 3 is 3.12 bits per heavy atom. The summed E-state index contributed by atoms with van der Waals surface area (Å²) in [6.45, 7) is 3.55. The molecule has 1 N–H and O–H groups in total. The van der Waals surface area contributed by atoms with E-state index in [0.717, 1.165) is 38.5 Å². The van der Waals surface area contributed by atoms with Gasteiger partial charge in [0.1, 0.15) is 0 Å². The van der Waals surface area contributed by atoms with Gasteiger partial charge in [0.15, 0.2) is 0 Å². The van der Waals surface area contributed by atoms with E-state index in [-0.39, 0.29) is 5.91 Å². The van der Waals surface area contributed by atoms with Crippen molar-refractivity contribution in [3.05, 3.63) is 0 Å². The van der Waals surface area contributed by atoms with E-state index < -0.39 is 0 Å². The Morgan fingerprint density at radius 1 is 1.59 bits per heavy atom. The molecule has 2 saturated heterocycles. The van der Waals surface area contributed by atoms with Gasteiger partial charge < -0.3 is 15.0 Å². The molecule has 0 bridgehead atoms. The number of ether oxygens (including phenoxy) is 1. The van der Waals surface area contributed by atoms with Crippen LogP contribution in [0.5, 0.6) is 0 Å². The van der Waals surface area contributed by atoms with Crippen molar-refractivity contribution in [2.75, 3.05) is 44.9 Å². The number of amides is 1. The fraction of sp³-hybridized carbons (Fsp3) is 0.917. The highest BCUT2D eigenvalue weighted by Gasteiger charge is 2.22. The summed E-state index contributed by atoms with van der Waals surface area (Å²) in [5.74, 6) is 3.03. The minimum absolute atomic E-state index is 0.261. The van der Waals surface area contributed by atoms with Crippen LogP contribution in [0.25, 0.3) is 0 Å². The monoisotopic (exact) mass is 258 g/mol. The summed E-state index contributed by atoms with van der Waals surface area (Å²) in [5.41, 5.74) is 0. The lowest BCUT2D eigenvalue weighted by Crippen LogP contribution is -2.42. The third kappa shape index (κ3) is 4.16. The van der Waals surface area contributed by atoms with Crippen molar-refractivity contribution in [3.63, 3.8) is 0 Å². The highest BCUT2D eigenvalue weighted by molar-refractivity contribution is 7.99. The molecule has 2 atom stereocenters. The predicted molar refractivity (Wildman–Crippen MR) is 70.3 cm³/mol. The number of hydrogen-bond donors (Lipinski definition) is 1. The molecule has 0 aliphatic carbocycles. The maximum Gasteiger partial charge on any atom is 0.223 e. The highest BCUT2D eigenvalue weighted by atomic mass is 32.2. The van der Waals surface area contributed by atoms with Crippen molar-refractivity contribution in [2.45, 2.75) is 18.9 Å². The van der Waals surface area contributed by atoms with E-state index in [2.05, 4.69) is 5.32 Å². The molecular weight excluding hydrogens is 236 g/mol. The van der Waals surface area contributed by atoms with Crippen LogP contribution in [-0.4, -0.2) is 61.7 Å². The van der Waals surface area contributed by atoms with Crippen molar-refractivity contribution < 1.29 is 9.53 Å². The van der Waals surface area contributed by atoms with E-state index in [9.17, 15) is 4.79 Å². The van der Waals surface area contributed by atoms with Crippen LogP contribution < -0.4 is 5.32 Å². The van der Waals surface area contributed by atoms with Crippen LogP contribution >= 0.6 is 11.8 Å². The molecule has 98 valence electrons. The predicted octanol–water partition coefficient (Wildman–Crippen LogP) is 0.576. The average Bonchev–Trinajstić information content (AvgIpc) is 2.83. The Bertz CT molecular complexity index is 251. The molecule has 0 aromatic rings. The minimum atomic E-state index is 0.261. The van der Waals surface area contributed by atoms with Crippen LogP contribution in [0.3, 0.4) is 0 Å². The van der Waals surface area contributed by atoms with Crippen molar-refractivity contribution in [1.29, 1.82) is 0 Å². The fourth-order valence-electron chi connectivity index (χ4n) is 2.33. The minimum Gasteiger partial charge on any atom is -0.381 e. The second-order valence-corrected chi connectivity index (χ2v) is 6.08. The summed E-state index contributed by atoms with van der Waals surface area (Å²) >= 11 is 1.94. The number of nitrogens with zero attached hydrogens (tertiary/aromatic N) is 1. The highest BCUT2D eigenvalue weighted by Crippen LogP contribution is 2.15. The summed E-state index contributed by atoms with van der Waals surface area (Å²) in [5, 5.41) is 3.41. The Kier molecular flexibility index (Phi) is 5.13. The van der Waals surface area contributed by atoms with Crippen LogP contribution in [0, 0.1) is 5.92 Å². The standard InChI is InChI=1S/C12H22N2O2S/c1-14(7-10-2-4-16-8-10)12(15)6-11-9-17-5-3-13-11/h10-11,13H,2-9H2,1H3. The van der Waals surface area contributed by atoms with E-state index in [1.165, 1.54) is 5.75 Å². The van der Waals surface area contributed by atoms with E-state index >= 15 is 0 Å². The number of nitrogens with one attached hydrogen (secondary N) is 1. The molecule has 5 heteroatoms. The molecule has 2 rings (SSSR count). The normalized spacial score (nSPS) is 29.2. The molecule has 4 nitrogen and oxygen atoms in total. The first kappa shape index (κ1) is 13.2. The zero-order valence-electron chi connectivity index (χ0n) is 10.5. The van der Waals surface area contributed by atoms with Crippen LogP contribution in [0.1, 0.15) is 12.8 Å². The van der Waals surface area contributed by atoms with E-state index in [1.807, 2.05) is 23.7 Å². The molecule has 0 aromatic heterocycles. The lowest BCUT2D eigenvalue weighted by atomic mass is 10.1. The Balaban J connectivity index is 1.70. The summed E-state index contributed by atoms with van der Waals surface area (Å²) < 4.78 is 5.33. The van der Waals surface area contributed by atoms with Gasteiger partial charge in [0, 0.05) is 56.6 Å². The molecule has 0 saturated carbocycles. The van der Waals surface area contributed by atoms with Gasteiger partial charge in [-0.15, -0.1) is 0 Å². The van der Waals surface area contributed by atoms with Gasteiger partial charge in [0.2, 0.25) is 5.91 Å². The van der Waals surface area contributed by atoms with Crippen molar-refractivity contribution in [3.8, 4) is 0 Å². The van der Waals surface area contributed by atoms with E-state index in [0.29, 0.717) is 18.4 Å². The fourth-order valence-corrected chi connectivity index (χ4v) is 3.28. The smallest absolute Gasteiger partial charge is 0.223 e. The first-order valence-electron chi connectivity index (χ1n) is 6.38. The van der Waals surface area contributed by atoms with Crippen LogP contribution in [-0.2, 0) is 9.53 Å². The summed E-state index contributed by atoms with van der Waals surface area (Å²) in [7, 11) is 1.91. The molecule has 2 aliphatic rings. The maximum atomic E-state index is 12.0. The molecule has 2 heterocycles. The second kappa shape index (κ2) is 6.61. The van der Waals surface area contributed by atoms with Gasteiger partial charge in [-0.1, -0.05) is 0 Å². The quantitative estimate of drug-likeness (QED) is 0.801. The van der Waals surface area contributed by atoms with Crippen LogP contribution in [0.4, 0.5) is 0 Å². The third-order valence-electron chi connectivity index (χ3n) is 3.40. The Labute approximate surface area is 107 Å². The van der Waals surface area contributed by atoms with E-state index in [1.54, 1.807) is 0 Å². The third-order valence-corrected chi connectivity index (χ3v) is 4.53. The maximum absolute atomic E-state index is 12.0. The van der Waals surface area contributed by atoms with Crippen LogP contribution in [0.15, 0.2) is 0 Å². The van der Waals surface area contributed by atoms with Crippen molar-refractivity contribution >= 4 is 17.7 Å². The van der Waals surface area contributed by atoms with Gasteiger partial charge >= 0.3 is 0 Å². The van der Waals surface area contributed by atoms with Gasteiger partial charge in [-0.2, -0.15) is 11.8 Å². The Morgan fingerprint density at radius 2 is 2.47 bits per heavy atom. The zero-order valence-corrected chi connectivity index (χ0v) is 11.3. The zero-order chi connectivity index (χ0) is 12.1. The first-order valence-corrected chi connectivity index (χ1v) is 7.54. The number of carbonyl (C=O) groups is 1. The number of thioether (sulfide) groups is 1. The molecule has 1 amide bonds. The van der Waals surface area contributed by atoms with E-state index in [4.69, 9.17) is 4.74 Å². The van der Waals surface area contributed by atoms with Crippen LogP contribution in [0.2, 0.25) is 0 Å². The number of carbonyl (C=O) groups excluding carboxylic acids is 1. The lowest BCUT2D eigenvalue weighted by Gasteiger charge is -2.26. The SMILES string of the molecule is CN(CC1CCOC1)C(=O)CC1CSCCN1. The average molecular weight is 258 g/mol. The van der Waals surface area contributed by atoms with Crippen molar-refractivity contribution in [2.24, 2.45) is 5.92 Å². The largest absolute Gasteiger partial charge is 0.381 e. The molecule has 0 aromatic carbocycles. The molecule has 2 fully saturated rings. The summed E-state index contributed by atoms with van der Waals surface area (Å²) in [6.07, 6.45) is 1.73. The number of rotatable bonds is 4. The molecule has 17 heavy (non-hydrogen) atoms.